The molecule has 11 heteroatoms. The molecule has 0 bridgehead atoms. The first-order chi connectivity index (χ1) is 14.2. The molecule has 0 atom stereocenters. The Morgan fingerprint density at radius 2 is 1.87 bits per heavy atom. The lowest BCUT2D eigenvalue weighted by molar-refractivity contribution is 0.156. The van der Waals surface area contributed by atoms with Gasteiger partial charge in [-0.15, -0.1) is 0 Å². The molecule has 1 aromatic carbocycles. The Morgan fingerprint density at radius 1 is 1.13 bits per heavy atom. The van der Waals surface area contributed by atoms with Crippen molar-refractivity contribution in [2.24, 2.45) is 0 Å². The van der Waals surface area contributed by atoms with Crippen molar-refractivity contribution in [2.45, 2.75) is 26.2 Å². The minimum Gasteiger partial charge on any atom is -0.465 e. The van der Waals surface area contributed by atoms with E-state index < -0.39 is 12.1 Å². The Balaban J connectivity index is 2.02. The van der Waals surface area contributed by atoms with Crippen LogP contribution < -0.4 is 16.0 Å². The molecule has 2 rings (SSSR count). The molecule has 0 saturated heterocycles. The maximum Gasteiger partial charge on any atom is 0.407 e. The first kappa shape index (κ1) is 23.5. The molecule has 1 heterocycles. The highest BCUT2D eigenvalue weighted by molar-refractivity contribution is 6.42. The van der Waals surface area contributed by atoms with Gasteiger partial charge >= 0.3 is 12.1 Å². The summed E-state index contributed by atoms with van der Waals surface area (Å²) in [6.07, 6.45) is -0.372. The van der Waals surface area contributed by atoms with Gasteiger partial charge in [0.25, 0.3) is 0 Å². The Hall–Kier alpha value is -2.78. The molecular formula is C19H24Cl2N6O3. The van der Waals surface area contributed by atoms with Crippen molar-refractivity contribution in [3.05, 3.63) is 40.0 Å². The second-order valence-corrected chi connectivity index (χ2v) is 7.66. The van der Waals surface area contributed by atoms with E-state index in [0.717, 1.165) is 5.69 Å². The number of benzene rings is 1. The average molecular weight is 455 g/mol. The highest BCUT2D eigenvalue weighted by atomic mass is 35.5. The number of carbonyl (C=O) groups excluding carboxylic acids is 1. The summed E-state index contributed by atoms with van der Waals surface area (Å²) in [5.41, 5.74) is 1.22. The summed E-state index contributed by atoms with van der Waals surface area (Å²) < 4.78 is 0. The number of hydrogen-bond acceptors (Lipinski definition) is 5. The summed E-state index contributed by atoms with van der Waals surface area (Å²) in [4.78, 5) is 33.0. The summed E-state index contributed by atoms with van der Waals surface area (Å²) >= 11 is 11.8. The molecule has 162 valence electrons. The Labute approximate surface area is 184 Å². The number of hydrogen-bond donors (Lipinski definition) is 4. The maximum atomic E-state index is 12.3. The minimum absolute atomic E-state index is 0.116. The number of anilines is 3. The molecule has 9 nitrogen and oxygen atoms in total. The fraction of sp³-hybridized carbons (Fsp3) is 0.368. The standard InChI is InChI=1S/C19H24Cl2N6O3/c1-11(2)15-10-16(22-7-4-8-27(3)19(29)30)25-17(24-15)26-18(28)23-12-5-6-13(20)14(21)9-12/h5-6,9-11H,4,7-8H2,1-3H3,(H,29,30)(H3,22,23,24,25,26,28). The van der Waals surface area contributed by atoms with Crippen LogP contribution in [0.4, 0.5) is 27.0 Å². The van der Waals surface area contributed by atoms with E-state index >= 15 is 0 Å². The second kappa shape index (κ2) is 10.8. The van der Waals surface area contributed by atoms with Gasteiger partial charge in [-0.05, 0) is 30.5 Å². The predicted molar refractivity (Wildman–Crippen MR) is 119 cm³/mol. The third-order valence-electron chi connectivity index (χ3n) is 4.04. The van der Waals surface area contributed by atoms with Crippen molar-refractivity contribution in [1.29, 1.82) is 0 Å². The van der Waals surface area contributed by atoms with Crippen LogP contribution in [0.1, 0.15) is 31.9 Å². The number of aromatic nitrogens is 2. The molecule has 0 fully saturated rings. The van der Waals surface area contributed by atoms with Crippen LogP contribution in [0.3, 0.4) is 0 Å². The van der Waals surface area contributed by atoms with E-state index in [9.17, 15) is 9.59 Å². The van der Waals surface area contributed by atoms with Crippen molar-refractivity contribution in [2.75, 3.05) is 36.1 Å². The first-order valence-corrected chi connectivity index (χ1v) is 10.0. The lowest BCUT2D eigenvalue weighted by Crippen LogP contribution is -2.27. The summed E-state index contributed by atoms with van der Waals surface area (Å²) in [5.74, 6) is 0.797. The molecule has 0 unspecified atom stereocenters. The van der Waals surface area contributed by atoms with E-state index in [0.29, 0.717) is 41.1 Å². The van der Waals surface area contributed by atoms with Crippen LogP contribution in [0.15, 0.2) is 24.3 Å². The number of carboxylic acid groups (broad SMARTS) is 1. The molecule has 3 amide bonds. The van der Waals surface area contributed by atoms with Gasteiger partial charge < -0.3 is 20.6 Å². The fourth-order valence-corrected chi connectivity index (χ4v) is 2.67. The molecule has 2 aromatic rings. The average Bonchev–Trinajstić information content (AvgIpc) is 2.67. The Morgan fingerprint density at radius 3 is 2.50 bits per heavy atom. The fourth-order valence-electron chi connectivity index (χ4n) is 2.37. The molecule has 0 aliphatic heterocycles. The highest BCUT2D eigenvalue weighted by Gasteiger charge is 2.12. The van der Waals surface area contributed by atoms with E-state index in [-0.39, 0.29) is 11.9 Å². The minimum atomic E-state index is -0.974. The molecule has 0 saturated carbocycles. The van der Waals surface area contributed by atoms with Gasteiger partial charge in [-0.2, -0.15) is 4.98 Å². The van der Waals surface area contributed by atoms with Gasteiger partial charge in [0.2, 0.25) is 5.95 Å². The molecule has 30 heavy (non-hydrogen) atoms. The largest absolute Gasteiger partial charge is 0.465 e. The molecule has 4 N–H and O–H groups in total. The van der Waals surface area contributed by atoms with Crippen LogP contribution in [0, 0.1) is 0 Å². The number of rotatable bonds is 8. The third kappa shape index (κ3) is 7.23. The predicted octanol–water partition coefficient (Wildman–Crippen LogP) is 4.96. The third-order valence-corrected chi connectivity index (χ3v) is 4.78. The van der Waals surface area contributed by atoms with E-state index in [1.165, 1.54) is 18.0 Å². The number of halogens is 2. The number of carbonyl (C=O) groups is 2. The van der Waals surface area contributed by atoms with Crippen molar-refractivity contribution in [3.8, 4) is 0 Å². The normalized spacial score (nSPS) is 10.6. The van der Waals surface area contributed by atoms with Crippen molar-refractivity contribution in [1.82, 2.24) is 14.9 Å². The van der Waals surface area contributed by atoms with E-state index in [1.807, 2.05) is 13.8 Å². The van der Waals surface area contributed by atoms with Gasteiger partial charge in [0, 0.05) is 31.9 Å². The van der Waals surface area contributed by atoms with Gasteiger partial charge in [-0.3, -0.25) is 5.32 Å². The van der Waals surface area contributed by atoms with Gasteiger partial charge in [-0.1, -0.05) is 37.0 Å². The summed E-state index contributed by atoms with van der Waals surface area (Å²) in [5, 5.41) is 18.0. The Bertz CT molecular complexity index is 910. The lowest BCUT2D eigenvalue weighted by atomic mass is 10.1. The molecule has 1 aromatic heterocycles. The summed E-state index contributed by atoms with van der Waals surface area (Å²) in [6, 6.07) is 6.02. The van der Waals surface area contributed by atoms with Gasteiger partial charge in [0.1, 0.15) is 5.82 Å². The number of amides is 3. The van der Waals surface area contributed by atoms with Crippen molar-refractivity contribution >= 4 is 52.8 Å². The second-order valence-electron chi connectivity index (χ2n) is 6.85. The maximum absolute atomic E-state index is 12.3. The van der Waals surface area contributed by atoms with Crippen LogP contribution in [-0.4, -0.2) is 52.2 Å². The van der Waals surface area contributed by atoms with E-state index in [4.69, 9.17) is 28.3 Å². The van der Waals surface area contributed by atoms with Gasteiger partial charge in [-0.25, -0.2) is 14.6 Å². The Kier molecular flexibility index (Phi) is 8.49. The smallest absolute Gasteiger partial charge is 0.407 e. The van der Waals surface area contributed by atoms with E-state index in [2.05, 4.69) is 25.9 Å². The zero-order valence-electron chi connectivity index (χ0n) is 16.9. The zero-order valence-corrected chi connectivity index (χ0v) is 18.4. The highest BCUT2D eigenvalue weighted by Crippen LogP contribution is 2.25. The van der Waals surface area contributed by atoms with Gasteiger partial charge in [0.15, 0.2) is 0 Å². The van der Waals surface area contributed by atoms with Crippen LogP contribution in [0.5, 0.6) is 0 Å². The molecule has 0 spiro atoms. The molecular weight excluding hydrogens is 431 g/mol. The van der Waals surface area contributed by atoms with Crippen LogP contribution >= 0.6 is 23.2 Å². The first-order valence-electron chi connectivity index (χ1n) is 9.25. The molecule has 0 aliphatic rings. The zero-order chi connectivity index (χ0) is 22.3. The van der Waals surface area contributed by atoms with Crippen molar-refractivity contribution in [3.63, 3.8) is 0 Å². The monoisotopic (exact) mass is 454 g/mol. The SMILES string of the molecule is CC(C)c1cc(NCCCN(C)C(=O)O)nc(NC(=O)Nc2ccc(Cl)c(Cl)c2)n1. The lowest BCUT2D eigenvalue weighted by Gasteiger charge is -2.15. The molecule has 0 aliphatic carbocycles. The van der Waals surface area contributed by atoms with Crippen molar-refractivity contribution < 1.29 is 14.7 Å². The summed E-state index contributed by atoms with van der Waals surface area (Å²) in [6.45, 7) is 4.86. The van der Waals surface area contributed by atoms with Crippen LogP contribution in [0.25, 0.3) is 0 Å². The quantitative estimate of drug-likeness (QED) is 0.418. The topological polar surface area (TPSA) is 119 Å². The molecule has 0 radical (unpaired) electrons. The number of nitrogens with zero attached hydrogens (tertiary/aromatic N) is 3. The number of nitrogens with one attached hydrogen (secondary N) is 3. The van der Waals surface area contributed by atoms with Crippen LogP contribution in [-0.2, 0) is 0 Å². The van der Waals surface area contributed by atoms with Crippen LogP contribution in [0.2, 0.25) is 10.0 Å². The summed E-state index contributed by atoms with van der Waals surface area (Å²) in [7, 11) is 1.51. The van der Waals surface area contributed by atoms with Gasteiger partial charge in [0.05, 0.1) is 15.7 Å². The van der Waals surface area contributed by atoms with E-state index in [1.54, 1.807) is 18.2 Å². The number of urea groups is 1.